The molecule has 2 aromatic carbocycles. The molecule has 0 bridgehead atoms. The Morgan fingerprint density at radius 1 is 1.11 bits per heavy atom. The molecule has 0 heterocycles. The lowest BCUT2D eigenvalue weighted by molar-refractivity contribution is -0.144. The van der Waals surface area contributed by atoms with Gasteiger partial charge in [0.2, 0.25) is 0 Å². The highest BCUT2D eigenvalue weighted by atomic mass is 16.5. The van der Waals surface area contributed by atoms with Crippen LogP contribution in [-0.4, -0.2) is 26.8 Å². The van der Waals surface area contributed by atoms with Crippen molar-refractivity contribution in [2.24, 2.45) is 11.8 Å². The summed E-state index contributed by atoms with van der Waals surface area (Å²) in [5, 5.41) is 0. The summed E-state index contributed by atoms with van der Waals surface area (Å²) in [6, 6.07) is 16.2. The highest BCUT2D eigenvalue weighted by Crippen LogP contribution is 2.34. The van der Waals surface area contributed by atoms with Gasteiger partial charge in [-0.15, -0.1) is 0 Å². The van der Waals surface area contributed by atoms with Crippen molar-refractivity contribution in [3.8, 4) is 11.5 Å². The highest BCUT2D eigenvalue weighted by Gasteiger charge is 2.19. The molecule has 3 rings (SSSR count). The lowest BCUT2D eigenvalue weighted by Crippen LogP contribution is -2.15. The Morgan fingerprint density at radius 3 is 2.68 bits per heavy atom. The first kappa shape index (κ1) is 20.0. The smallest absolute Gasteiger partial charge is 0.308 e. The van der Waals surface area contributed by atoms with Crippen molar-refractivity contribution in [3.63, 3.8) is 0 Å². The van der Waals surface area contributed by atoms with Crippen molar-refractivity contribution < 1.29 is 19.0 Å². The average Bonchev–Trinajstić information content (AvgIpc) is 3.21. The van der Waals surface area contributed by atoms with E-state index in [2.05, 4.69) is 18.2 Å². The fraction of sp³-hybridized carbons (Fsp3) is 0.375. The number of allylic oxidation sites excluding steroid dienone is 2. The molecule has 0 radical (unpaired) electrons. The first-order valence-corrected chi connectivity index (χ1v) is 9.72. The van der Waals surface area contributed by atoms with Crippen molar-refractivity contribution in [2.45, 2.75) is 26.2 Å². The van der Waals surface area contributed by atoms with Gasteiger partial charge in [0, 0.05) is 5.92 Å². The molecule has 0 saturated heterocycles. The summed E-state index contributed by atoms with van der Waals surface area (Å²) in [5.41, 5.74) is 3.66. The van der Waals surface area contributed by atoms with E-state index in [1.54, 1.807) is 7.11 Å². The fourth-order valence-electron chi connectivity index (χ4n) is 3.59. The van der Waals surface area contributed by atoms with Crippen LogP contribution in [-0.2, 0) is 16.0 Å². The molecule has 0 saturated carbocycles. The number of ether oxygens (including phenoxy) is 3. The van der Waals surface area contributed by atoms with Gasteiger partial charge in [-0.1, -0.05) is 37.3 Å². The molecule has 0 aromatic heterocycles. The van der Waals surface area contributed by atoms with Gasteiger partial charge in [0.05, 0.1) is 26.7 Å². The number of rotatable bonds is 8. The molecule has 0 aliphatic heterocycles. The molecule has 148 valence electrons. The van der Waals surface area contributed by atoms with Crippen LogP contribution in [0.4, 0.5) is 0 Å². The quantitative estimate of drug-likeness (QED) is 0.610. The van der Waals surface area contributed by atoms with Gasteiger partial charge in [-0.05, 0) is 60.2 Å². The molecule has 0 amide bonds. The molecule has 0 N–H and O–H groups in total. The van der Waals surface area contributed by atoms with Crippen molar-refractivity contribution in [1.82, 2.24) is 0 Å². The number of benzene rings is 2. The molecule has 0 fully saturated rings. The van der Waals surface area contributed by atoms with Crippen molar-refractivity contribution >= 4 is 11.5 Å². The van der Waals surface area contributed by atoms with Gasteiger partial charge in [0.15, 0.2) is 0 Å². The van der Waals surface area contributed by atoms with E-state index < -0.39 is 0 Å². The Balaban J connectivity index is 1.53. The Morgan fingerprint density at radius 2 is 1.89 bits per heavy atom. The summed E-state index contributed by atoms with van der Waals surface area (Å²) in [6.07, 6.45) is 4.98. The zero-order valence-electron chi connectivity index (χ0n) is 16.8. The molecule has 1 aliphatic rings. The minimum Gasteiger partial charge on any atom is -0.497 e. The number of hydrogen-bond acceptors (Lipinski definition) is 4. The molecule has 4 heteroatoms. The number of carbonyl (C=O) groups is 1. The summed E-state index contributed by atoms with van der Waals surface area (Å²) in [7, 11) is 3.12. The van der Waals surface area contributed by atoms with E-state index in [0.29, 0.717) is 18.9 Å². The topological polar surface area (TPSA) is 44.8 Å². The molecule has 2 atom stereocenters. The molecule has 2 unspecified atom stereocenters. The molecule has 0 spiro atoms. The predicted octanol–water partition coefficient (Wildman–Crippen LogP) is 4.92. The Kier molecular flexibility index (Phi) is 6.75. The maximum absolute atomic E-state index is 11.6. The molecule has 28 heavy (non-hydrogen) atoms. The van der Waals surface area contributed by atoms with Crippen LogP contribution >= 0.6 is 0 Å². The van der Waals surface area contributed by atoms with Gasteiger partial charge in [-0.2, -0.15) is 0 Å². The maximum atomic E-state index is 11.6. The van der Waals surface area contributed by atoms with Crippen LogP contribution in [0.5, 0.6) is 11.5 Å². The van der Waals surface area contributed by atoms with Gasteiger partial charge >= 0.3 is 5.97 Å². The van der Waals surface area contributed by atoms with Gasteiger partial charge in [0.1, 0.15) is 11.5 Å². The average molecular weight is 380 g/mol. The minimum absolute atomic E-state index is 0.162. The first-order valence-electron chi connectivity index (χ1n) is 9.72. The van der Waals surface area contributed by atoms with Crippen LogP contribution in [0.25, 0.3) is 5.57 Å². The van der Waals surface area contributed by atoms with E-state index in [9.17, 15) is 4.79 Å². The van der Waals surface area contributed by atoms with Crippen molar-refractivity contribution in [2.75, 3.05) is 20.8 Å². The van der Waals surface area contributed by atoms with Crippen LogP contribution in [0.3, 0.4) is 0 Å². The highest BCUT2D eigenvalue weighted by molar-refractivity contribution is 5.72. The van der Waals surface area contributed by atoms with Crippen molar-refractivity contribution in [3.05, 3.63) is 65.7 Å². The van der Waals surface area contributed by atoms with Crippen LogP contribution in [0.1, 0.15) is 30.9 Å². The monoisotopic (exact) mass is 380 g/mol. The van der Waals surface area contributed by atoms with E-state index in [4.69, 9.17) is 14.2 Å². The zero-order valence-corrected chi connectivity index (χ0v) is 16.8. The lowest BCUT2D eigenvalue weighted by atomic mass is 10.0. The standard InChI is InChI=1S/C24H28O4/c1-17(24(25)27-3)12-18-6-4-9-23(14-18)28-16-19-10-11-21(13-19)20-7-5-8-22(15-20)26-2/h4-9,11,14-15,17,19H,10,12-13,16H2,1-3H3. The minimum atomic E-state index is -0.187. The second-order valence-electron chi connectivity index (χ2n) is 7.35. The van der Waals surface area contributed by atoms with Crippen LogP contribution in [0.2, 0.25) is 0 Å². The van der Waals surface area contributed by atoms with E-state index in [1.807, 2.05) is 43.3 Å². The van der Waals surface area contributed by atoms with Crippen molar-refractivity contribution in [1.29, 1.82) is 0 Å². The van der Waals surface area contributed by atoms with E-state index in [-0.39, 0.29) is 11.9 Å². The Bertz CT molecular complexity index is 840. The SMILES string of the molecule is COC(=O)C(C)Cc1cccc(OCC2CC=C(c3cccc(OC)c3)C2)c1. The molecule has 2 aromatic rings. The zero-order chi connectivity index (χ0) is 19.9. The molecular formula is C24H28O4. The van der Waals surface area contributed by atoms with E-state index in [0.717, 1.165) is 29.9 Å². The predicted molar refractivity (Wildman–Crippen MR) is 111 cm³/mol. The maximum Gasteiger partial charge on any atom is 0.308 e. The van der Waals surface area contributed by atoms with Crippen LogP contribution < -0.4 is 9.47 Å². The van der Waals surface area contributed by atoms with Gasteiger partial charge < -0.3 is 14.2 Å². The summed E-state index contributed by atoms with van der Waals surface area (Å²) in [4.78, 5) is 11.6. The molecule has 1 aliphatic carbocycles. The largest absolute Gasteiger partial charge is 0.497 e. The summed E-state index contributed by atoms with van der Waals surface area (Å²) >= 11 is 0. The Labute approximate surface area is 167 Å². The van der Waals surface area contributed by atoms with E-state index in [1.165, 1.54) is 18.2 Å². The van der Waals surface area contributed by atoms with E-state index >= 15 is 0 Å². The normalized spacial score (nSPS) is 17.0. The Hall–Kier alpha value is -2.75. The fourth-order valence-corrected chi connectivity index (χ4v) is 3.59. The first-order chi connectivity index (χ1) is 13.6. The van der Waals surface area contributed by atoms with Crippen LogP contribution in [0.15, 0.2) is 54.6 Å². The summed E-state index contributed by atoms with van der Waals surface area (Å²) in [5.74, 6) is 1.86. The third-order valence-electron chi connectivity index (χ3n) is 5.18. The second-order valence-corrected chi connectivity index (χ2v) is 7.35. The van der Waals surface area contributed by atoms with Gasteiger partial charge in [-0.3, -0.25) is 4.79 Å². The van der Waals surface area contributed by atoms with Gasteiger partial charge in [0.25, 0.3) is 0 Å². The third-order valence-corrected chi connectivity index (χ3v) is 5.18. The third kappa shape index (κ3) is 5.16. The van der Waals surface area contributed by atoms with Crippen LogP contribution in [0, 0.1) is 11.8 Å². The lowest BCUT2D eigenvalue weighted by Gasteiger charge is -2.14. The van der Waals surface area contributed by atoms with Gasteiger partial charge in [-0.25, -0.2) is 0 Å². The number of carbonyl (C=O) groups excluding carboxylic acids is 1. The number of hydrogen-bond donors (Lipinski definition) is 0. The summed E-state index contributed by atoms with van der Waals surface area (Å²) in [6.45, 7) is 2.56. The molecular weight excluding hydrogens is 352 g/mol. The number of methoxy groups -OCH3 is 2. The number of esters is 1. The second kappa shape index (κ2) is 9.45. The summed E-state index contributed by atoms with van der Waals surface area (Å²) < 4.78 is 16.2. The molecule has 4 nitrogen and oxygen atoms in total.